The molecule has 22 heavy (non-hydrogen) atoms. The Morgan fingerprint density at radius 2 is 2.00 bits per heavy atom. The minimum Gasteiger partial charge on any atom is -0.497 e. The Labute approximate surface area is 130 Å². The van der Waals surface area contributed by atoms with Crippen molar-refractivity contribution >= 4 is 11.9 Å². The Balaban J connectivity index is 1.84. The predicted octanol–water partition coefficient (Wildman–Crippen LogP) is 1.52. The quantitative estimate of drug-likeness (QED) is 0.857. The van der Waals surface area contributed by atoms with E-state index in [1.54, 1.807) is 20.1 Å². The SMILES string of the molecule is COc1cccc([C@]2(C)NC(=O)N(CN3CCCC3)C2=O)c1. The molecule has 1 N–H and O–H groups in total. The highest BCUT2D eigenvalue weighted by Gasteiger charge is 2.49. The van der Waals surface area contributed by atoms with Gasteiger partial charge in [-0.3, -0.25) is 9.69 Å². The number of ether oxygens (including phenoxy) is 1. The zero-order valence-corrected chi connectivity index (χ0v) is 13.0. The molecule has 0 bridgehead atoms. The standard InChI is InChI=1S/C16H21N3O3/c1-16(12-6-5-7-13(10-12)22-2)14(20)19(15(21)17-16)11-18-8-3-4-9-18/h5-7,10H,3-4,8-9,11H2,1-2H3,(H,17,21)/t16-/m0/s1. The second kappa shape index (κ2) is 5.61. The fraction of sp³-hybridized carbons (Fsp3) is 0.500. The maximum atomic E-state index is 12.8. The maximum Gasteiger partial charge on any atom is 0.326 e. The second-order valence-electron chi connectivity index (χ2n) is 5.99. The molecule has 0 saturated carbocycles. The van der Waals surface area contributed by atoms with Crippen molar-refractivity contribution in [3.8, 4) is 5.75 Å². The third-order valence-corrected chi connectivity index (χ3v) is 4.46. The fourth-order valence-corrected chi connectivity index (χ4v) is 3.08. The number of carbonyl (C=O) groups excluding carboxylic acids is 2. The normalized spacial score (nSPS) is 25.6. The van der Waals surface area contributed by atoms with Gasteiger partial charge in [0.1, 0.15) is 11.3 Å². The number of hydrogen-bond acceptors (Lipinski definition) is 4. The molecule has 3 amide bonds. The molecule has 2 aliphatic rings. The number of nitrogens with one attached hydrogen (secondary N) is 1. The van der Waals surface area contributed by atoms with Gasteiger partial charge in [-0.25, -0.2) is 9.69 Å². The number of hydrogen-bond donors (Lipinski definition) is 1. The summed E-state index contributed by atoms with van der Waals surface area (Å²) in [4.78, 5) is 28.5. The van der Waals surface area contributed by atoms with E-state index in [-0.39, 0.29) is 11.9 Å². The van der Waals surface area contributed by atoms with Crippen molar-refractivity contribution < 1.29 is 14.3 Å². The van der Waals surface area contributed by atoms with Crippen LogP contribution < -0.4 is 10.1 Å². The summed E-state index contributed by atoms with van der Waals surface area (Å²) in [5, 5.41) is 2.83. The van der Waals surface area contributed by atoms with Gasteiger partial charge in [-0.05, 0) is 50.6 Å². The number of likely N-dealkylation sites (tertiary alicyclic amines) is 1. The van der Waals surface area contributed by atoms with E-state index in [1.165, 1.54) is 4.90 Å². The first-order chi connectivity index (χ1) is 10.5. The van der Waals surface area contributed by atoms with Crippen LogP contribution in [0.2, 0.25) is 0 Å². The number of rotatable bonds is 4. The van der Waals surface area contributed by atoms with Crippen molar-refractivity contribution in [1.29, 1.82) is 0 Å². The van der Waals surface area contributed by atoms with E-state index in [0.29, 0.717) is 12.4 Å². The summed E-state index contributed by atoms with van der Waals surface area (Å²) in [6.07, 6.45) is 2.24. The van der Waals surface area contributed by atoms with Crippen molar-refractivity contribution in [3.05, 3.63) is 29.8 Å². The van der Waals surface area contributed by atoms with Gasteiger partial charge in [-0.2, -0.15) is 0 Å². The number of nitrogens with zero attached hydrogens (tertiary/aromatic N) is 2. The third kappa shape index (κ3) is 2.43. The van der Waals surface area contributed by atoms with E-state index in [1.807, 2.05) is 18.2 Å². The van der Waals surface area contributed by atoms with E-state index >= 15 is 0 Å². The summed E-state index contributed by atoms with van der Waals surface area (Å²) in [7, 11) is 1.58. The first-order valence-corrected chi connectivity index (χ1v) is 7.55. The molecule has 1 aromatic rings. The van der Waals surface area contributed by atoms with Gasteiger partial charge in [0.15, 0.2) is 0 Å². The van der Waals surface area contributed by atoms with E-state index in [0.717, 1.165) is 31.5 Å². The molecule has 0 aromatic heterocycles. The number of imide groups is 1. The molecule has 3 rings (SSSR count). The number of amides is 3. The number of carbonyl (C=O) groups is 2. The van der Waals surface area contributed by atoms with Crippen LogP contribution in [0.4, 0.5) is 4.79 Å². The molecule has 1 atom stereocenters. The van der Waals surface area contributed by atoms with Gasteiger partial charge in [0.2, 0.25) is 0 Å². The lowest BCUT2D eigenvalue weighted by Gasteiger charge is -2.24. The predicted molar refractivity (Wildman–Crippen MR) is 81.4 cm³/mol. The summed E-state index contributed by atoms with van der Waals surface area (Å²) >= 11 is 0. The highest BCUT2D eigenvalue weighted by Crippen LogP contribution is 2.31. The van der Waals surface area contributed by atoms with Crippen LogP contribution >= 0.6 is 0 Å². The van der Waals surface area contributed by atoms with Gasteiger partial charge < -0.3 is 10.1 Å². The molecule has 2 heterocycles. The first kappa shape index (κ1) is 14.8. The van der Waals surface area contributed by atoms with Gasteiger partial charge in [0.25, 0.3) is 5.91 Å². The van der Waals surface area contributed by atoms with Crippen molar-refractivity contribution in [3.63, 3.8) is 0 Å². The summed E-state index contributed by atoms with van der Waals surface area (Å²) in [5.74, 6) is 0.455. The zero-order valence-electron chi connectivity index (χ0n) is 13.0. The molecule has 0 aliphatic carbocycles. The number of methoxy groups -OCH3 is 1. The Kier molecular flexibility index (Phi) is 3.78. The zero-order chi connectivity index (χ0) is 15.7. The molecule has 118 valence electrons. The summed E-state index contributed by atoms with van der Waals surface area (Å²) in [6.45, 7) is 3.98. The summed E-state index contributed by atoms with van der Waals surface area (Å²) in [5.41, 5.74) is -0.306. The van der Waals surface area contributed by atoms with Crippen LogP contribution in [0.15, 0.2) is 24.3 Å². The molecule has 2 fully saturated rings. The lowest BCUT2D eigenvalue weighted by Crippen LogP contribution is -2.43. The van der Waals surface area contributed by atoms with Crippen LogP contribution in [0.5, 0.6) is 5.75 Å². The third-order valence-electron chi connectivity index (χ3n) is 4.46. The van der Waals surface area contributed by atoms with E-state index < -0.39 is 5.54 Å². The van der Waals surface area contributed by atoms with Crippen LogP contribution in [-0.2, 0) is 10.3 Å². The summed E-state index contributed by atoms with van der Waals surface area (Å²) in [6, 6.07) is 6.93. The molecule has 6 heteroatoms. The van der Waals surface area contributed by atoms with Gasteiger partial charge in [-0.15, -0.1) is 0 Å². The molecule has 6 nitrogen and oxygen atoms in total. The van der Waals surface area contributed by atoms with Crippen LogP contribution in [0.25, 0.3) is 0 Å². The fourth-order valence-electron chi connectivity index (χ4n) is 3.08. The van der Waals surface area contributed by atoms with Crippen LogP contribution in [0.1, 0.15) is 25.3 Å². The van der Waals surface area contributed by atoms with Crippen molar-refractivity contribution in [2.45, 2.75) is 25.3 Å². The smallest absolute Gasteiger partial charge is 0.326 e. The molecule has 0 radical (unpaired) electrons. The maximum absolute atomic E-state index is 12.8. The molecular weight excluding hydrogens is 282 g/mol. The van der Waals surface area contributed by atoms with Gasteiger partial charge >= 0.3 is 6.03 Å². The monoisotopic (exact) mass is 303 g/mol. The number of urea groups is 1. The molecule has 0 unspecified atom stereocenters. The van der Waals surface area contributed by atoms with Crippen molar-refractivity contribution in [2.75, 3.05) is 26.9 Å². The van der Waals surface area contributed by atoms with Crippen molar-refractivity contribution in [2.24, 2.45) is 0 Å². The Morgan fingerprint density at radius 3 is 2.68 bits per heavy atom. The average molecular weight is 303 g/mol. The van der Waals surface area contributed by atoms with Gasteiger partial charge in [-0.1, -0.05) is 12.1 Å². The second-order valence-corrected chi connectivity index (χ2v) is 5.99. The van der Waals surface area contributed by atoms with E-state index in [4.69, 9.17) is 4.74 Å². The minimum absolute atomic E-state index is 0.211. The number of benzene rings is 1. The lowest BCUT2D eigenvalue weighted by molar-refractivity contribution is -0.132. The molecular formula is C16H21N3O3. The van der Waals surface area contributed by atoms with Crippen LogP contribution in [0.3, 0.4) is 0 Å². The summed E-state index contributed by atoms with van der Waals surface area (Å²) < 4.78 is 5.21. The molecule has 2 saturated heterocycles. The van der Waals surface area contributed by atoms with Crippen LogP contribution in [0, 0.1) is 0 Å². The van der Waals surface area contributed by atoms with Gasteiger partial charge in [0.05, 0.1) is 13.8 Å². The Hall–Kier alpha value is -2.08. The topological polar surface area (TPSA) is 61.9 Å². The highest BCUT2D eigenvalue weighted by molar-refractivity contribution is 6.07. The lowest BCUT2D eigenvalue weighted by atomic mass is 9.92. The minimum atomic E-state index is -1.04. The molecule has 2 aliphatic heterocycles. The first-order valence-electron chi connectivity index (χ1n) is 7.55. The average Bonchev–Trinajstić information content (AvgIpc) is 3.11. The molecule has 1 aromatic carbocycles. The van der Waals surface area contributed by atoms with Gasteiger partial charge in [0, 0.05) is 0 Å². The highest BCUT2D eigenvalue weighted by atomic mass is 16.5. The molecule has 0 spiro atoms. The van der Waals surface area contributed by atoms with Crippen molar-refractivity contribution in [1.82, 2.24) is 15.1 Å². The van der Waals surface area contributed by atoms with Crippen LogP contribution in [-0.4, -0.2) is 48.6 Å². The Bertz CT molecular complexity index is 598. The largest absolute Gasteiger partial charge is 0.497 e. The van der Waals surface area contributed by atoms with E-state index in [9.17, 15) is 9.59 Å². The van der Waals surface area contributed by atoms with E-state index in [2.05, 4.69) is 10.2 Å². The Morgan fingerprint density at radius 1 is 1.27 bits per heavy atom.